The van der Waals surface area contributed by atoms with Crippen molar-refractivity contribution in [2.24, 2.45) is 23.2 Å². The van der Waals surface area contributed by atoms with Gasteiger partial charge in [0.05, 0.1) is 19.3 Å². The lowest BCUT2D eigenvalue weighted by atomic mass is 9.52. The zero-order valence-corrected chi connectivity index (χ0v) is 27.8. The normalized spacial score (nSPS) is 30.4. The molecule has 6 nitrogen and oxygen atoms in total. The highest BCUT2D eigenvalue weighted by Gasteiger charge is 2.57. The molecule has 0 radical (unpaired) electrons. The number of ketones is 1. The fraction of sp³-hybridized carbons (Fsp3) is 0.765. The van der Waals surface area contributed by atoms with E-state index in [0.717, 1.165) is 30.4 Å². The molecule has 1 aromatic carbocycles. The molecule has 0 aromatic heterocycles. The second-order valence-corrected chi connectivity index (χ2v) is 15.7. The summed E-state index contributed by atoms with van der Waals surface area (Å²) in [6, 6.07) is 4.20. The Morgan fingerprint density at radius 3 is 2.59 bits per heavy atom. The van der Waals surface area contributed by atoms with Crippen molar-refractivity contribution in [2.45, 2.75) is 109 Å². The van der Waals surface area contributed by atoms with Gasteiger partial charge in [0.25, 0.3) is 0 Å². The van der Waals surface area contributed by atoms with Gasteiger partial charge in [-0.1, -0.05) is 19.9 Å². The first-order chi connectivity index (χ1) is 21.6. The predicted octanol–water partition coefficient (Wildman–Crippen LogP) is 7.63. The van der Waals surface area contributed by atoms with E-state index in [-0.39, 0.29) is 46.7 Å². The van der Waals surface area contributed by atoms with Gasteiger partial charge >= 0.3 is 18.2 Å². The van der Waals surface area contributed by atoms with Crippen LogP contribution in [0, 0.1) is 23.2 Å². The highest BCUT2D eigenvalue weighted by atomic mass is 32.2. The van der Waals surface area contributed by atoms with Gasteiger partial charge in [-0.25, -0.2) is 4.79 Å². The van der Waals surface area contributed by atoms with Crippen molar-refractivity contribution >= 4 is 22.7 Å². The van der Waals surface area contributed by atoms with Gasteiger partial charge in [-0.2, -0.15) is 22.0 Å². The van der Waals surface area contributed by atoms with Crippen molar-refractivity contribution in [2.75, 3.05) is 31.2 Å². The van der Waals surface area contributed by atoms with Crippen LogP contribution in [0.5, 0.6) is 5.75 Å². The second-order valence-electron chi connectivity index (χ2n) is 14.0. The van der Waals surface area contributed by atoms with E-state index in [1.54, 1.807) is 4.90 Å². The summed E-state index contributed by atoms with van der Waals surface area (Å²) in [7, 11) is -1.51. The van der Waals surface area contributed by atoms with Gasteiger partial charge in [0, 0.05) is 47.1 Å². The number of hydrogen-bond acceptors (Lipinski definition) is 5. The van der Waals surface area contributed by atoms with E-state index in [0.29, 0.717) is 63.3 Å². The average molecular weight is 676 g/mol. The molecule has 0 bridgehead atoms. The van der Waals surface area contributed by atoms with Crippen LogP contribution in [0.25, 0.3) is 0 Å². The molecule has 258 valence electrons. The third kappa shape index (κ3) is 7.17. The maximum absolute atomic E-state index is 13.3. The molecule has 2 unspecified atom stereocenters. The third-order valence-corrected chi connectivity index (χ3v) is 12.6. The summed E-state index contributed by atoms with van der Waals surface area (Å²) in [5.41, 5.74) is 2.98. The van der Waals surface area contributed by atoms with Gasteiger partial charge in [-0.05, 0) is 105 Å². The van der Waals surface area contributed by atoms with Gasteiger partial charge in [0.15, 0.2) is 0 Å². The Kier molecular flexibility index (Phi) is 10.6. The number of benzene rings is 1. The van der Waals surface area contributed by atoms with Gasteiger partial charge < -0.3 is 14.4 Å². The monoisotopic (exact) mass is 675 g/mol. The lowest BCUT2D eigenvalue weighted by Gasteiger charge is -2.52. The number of rotatable bonds is 10. The summed E-state index contributed by atoms with van der Waals surface area (Å²) >= 11 is 0. The molecule has 0 N–H and O–H groups in total. The van der Waals surface area contributed by atoms with Crippen LogP contribution in [0.1, 0.15) is 94.7 Å². The van der Waals surface area contributed by atoms with Crippen LogP contribution in [0.15, 0.2) is 12.1 Å². The highest BCUT2D eigenvalue weighted by Crippen LogP contribution is 2.61. The molecule has 1 aromatic rings. The maximum atomic E-state index is 13.3. The Morgan fingerprint density at radius 1 is 1.15 bits per heavy atom. The van der Waals surface area contributed by atoms with Crippen LogP contribution in [-0.2, 0) is 33.2 Å². The summed E-state index contributed by atoms with van der Waals surface area (Å²) in [5, 5.41) is 0. The van der Waals surface area contributed by atoms with Crippen molar-refractivity contribution in [3.05, 3.63) is 28.8 Å². The number of carbonyl (C=O) groups is 2. The number of fused-ring (bicyclic) bond motifs is 5. The summed E-state index contributed by atoms with van der Waals surface area (Å²) in [4.78, 5) is 27.8. The molecule has 7 atom stereocenters. The Bertz CT molecular complexity index is 1320. The fourth-order valence-electron chi connectivity index (χ4n) is 8.63. The molecule has 3 fully saturated rings. The van der Waals surface area contributed by atoms with Crippen molar-refractivity contribution in [3.63, 3.8) is 0 Å². The number of aryl methyl sites for hydroxylation is 1. The summed E-state index contributed by atoms with van der Waals surface area (Å²) < 4.78 is 88.3. The standard InChI is InChI=1S/C34H46F5NO5S/c1-4-22-18-26-24(19-28(22)45-31(42)40-13-14-44-21(2)20-40)17-23(30-25(26)10-12-32(3)27(30)8-9-29(32)41)7-5-15-46(43)16-6-11-33(35,36)34(37,38)39/h18-19,21,23,25,27,30H,4-17,20H2,1-3H3/t21?,23-,25-,27+,30-,32+,46?/m1/s1. The van der Waals surface area contributed by atoms with E-state index in [4.69, 9.17) is 9.47 Å². The molecule has 0 spiro atoms. The summed E-state index contributed by atoms with van der Waals surface area (Å²) in [6.07, 6.45) is -2.12. The van der Waals surface area contributed by atoms with E-state index in [9.17, 15) is 35.8 Å². The smallest absolute Gasteiger partial charge is 0.410 e. The van der Waals surface area contributed by atoms with Crippen LogP contribution in [0.2, 0.25) is 0 Å². The molecule has 2 saturated carbocycles. The van der Waals surface area contributed by atoms with Crippen molar-refractivity contribution < 1.29 is 45.2 Å². The molecular weight excluding hydrogens is 629 g/mol. The molecule has 3 aliphatic carbocycles. The number of hydrogen-bond donors (Lipinski definition) is 0. The first-order valence-electron chi connectivity index (χ1n) is 16.7. The fourth-order valence-corrected chi connectivity index (χ4v) is 9.79. The number of Topliss-reactive ketones (excluding diaryl/α,β-unsaturated/α-hetero) is 1. The molecule has 1 heterocycles. The van der Waals surface area contributed by atoms with Crippen molar-refractivity contribution in [3.8, 4) is 5.75 Å². The first-order valence-corrected chi connectivity index (χ1v) is 18.2. The Balaban J connectivity index is 1.32. The summed E-state index contributed by atoms with van der Waals surface area (Å²) in [5.74, 6) is -2.96. The van der Waals surface area contributed by atoms with E-state index in [2.05, 4.69) is 13.0 Å². The van der Waals surface area contributed by atoms with Crippen LogP contribution >= 0.6 is 0 Å². The average Bonchev–Trinajstić information content (AvgIpc) is 3.29. The topological polar surface area (TPSA) is 72.9 Å². The zero-order chi connectivity index (χ0) is 33.4. The number of ether oxygens (including phenoxy) is 2. The van der Waals surface area contributed by atoms with Crippen molar-refractivity contribution in [1.82, 2.24) is 4.90 Å². The number of carbonyl (C=O) groups excluding carboxylic acids is 2. The maximum Gasteiger partial charge on any atom is 0.453 e. The van der Waals surface area contributed by atoms with E-state index >= 15 is 0 Å². The molecule has 12 heteroatoms. The Hall–Kier alpha value is -2.08. The van der Waals surface area contributed by atoms with E-state index in [1.165, 1.54) is 5.56 Å². The minimum absolute atomic E-state index is 0.0669. The zero-order valence-electron chi connectivity index (χ0n) is 26.9. The minimum atomic E-state index is -5.60. The number of alkyl halides is 5. The Labute approximate surface area is 270 Å². The lowest BCUT2D eigenvalue weighted by Crippen LogP contribution is -2.46. The molecule has 1 amide bonds. The number of halogens is 5. The lowest BCUT2D eigenvalue weighted by molar-refractivity contribution is -0.284. The largest absolute Gasteiger partial charge is 0.453 e. The van der Waals surface area contributed by atoms with Crippen LogP contribution < -0.4 is 4.74 Å². The summed E-state index contributed by atoms with van der Waals surface area (Å²) in [6.45, 7) is 7.44. The van der Waals surface area contributed by atoms with Crippen LogP contribution in [0.3, 0.4) is 0 Å². The van der Waals surface area contributed by atoms with Crippen LogP contribution in [0.4, 0.5) is 26.7 Å². The SMILES string of the molecule is CCc1cc2c(cc1OC(=O)N1CCOC(C)C1)C[C@@H](CCCS(=O)CCCC(F)(F)C(F)(F)F)[C@@H]1[C@@H]2CC[C@]2(C)C(=O)CC[C@@H]12. The first kappa shape index (κ1) is 35.2. The van der Waals surface area contributed by atoms with E-state index in [1.807, 2.05) is 19.9 Å². The third-order valence-electron chi connectivity index (χ3n) is 11.1. The molecule has 1 saturated heterocycles. The van der Waals surface area contributed by atoms with Gasteiger partial charge in [-0.3, -0.25) is 9.00 Å². The van der Waals surface area contributed by atoms with E-state index < -0.39 is 41.8 Å². The van der Waals surface area contributed by atoms with Gasteiger partial charge in [-0.15, -0.1) is 0 Å². The quantitative estimate of drug-likeness (QED) is 0.239. The predicted molar refractivity (Wildman–Crippen MR) is 165 cm³/mol. The number of nitrogens with zero attached hydrogens (tertiary/aromatic N) is 1. The highest BCUT2D eigenvalue weighted by molar-refractivity contribution is 7.84. The second kappa shape index (κ2) is 13.8. The van der Waals surface area contributed by atoms with Gasteiger partial charge in [0.1, 0.15) is 11.5 Å². The molecule has 4 aliphatic rings. The molecule has 1 aliphatic heterocycles. The van der Waals surface area contributed by atoms with Crippen molar-refractivity contribution in [1.29, 1.82) is 0 Å². The molecular formula is C34H46F5NO5S. The van der Waals surface area contributed by atoms with Crippen LogP contribution in [-0.4, -0.2) is 70.4 Å². The number of amides is 1. The minimum Gasteiger partial charge on any atom is -0.410 e. The molecule has 5 rings (SSSR count). The van der Waals surface area contributed by atoms with Gasteiger partial charge in [0.2, 0.25) is 0 Å². The number of morpholine rings is 1. The Morgan fingerprint density at radius 2 is 1.89 bits per heavy atom. The molecule has 46 heavy (non-hydrogen) atoms.